The third kappa shape index (κ3) is 2.24. The van der Waals surface area contributed by atoms with Gasteiger partial charge in [0.1, 0.15) is 5.82 Å². The van der Waals surface area contributed by atoms with Crippen LogP contribution in [0.2, 0.25) is 0 Å². The highest BCUT2D eigenvalue weighted by atomic mass is 32.2. The van der Waals surface area contributed by atoms with E-state index >= 15 is 0 Å². The molecule has 0 aromatic carbocycles. The molecule has 0 saturated heterocycles. The van der Waals surface area contributed by atoms with Gasteiger partial charge in [-0.3, -0.25) is 0 Å². The summed E-state index contributed by atoms with van der Waals surface area (Å²) in [5.41, 5.74) is 6.29. The predicted molar refractivity (Wildman–Crippen MR) is 78.6 cm³/mol. The molecular weight excluding hydrogens is 254 g/mol. The summed E-state index contributed by atoms with van der Waals surface area (Å²) in [6.07, 6.45) is 12.3. The van der Waals surface area contributed by atoms with Gasteiger partial charge in [-0.15, -0.1) is 11.8 Å². The molecule has 1 aromatic rings. The van der Waals surface area contributed by atoms with Gasteiger partial charge in [-0.05, 0) is 56.3 Å². The molecule has 4 bridgehead atoms. The minimum absolute atomic E-state index is 0.555. The van der Waals surface area contributed by atoms with Gasteiger partial charge in [0.25, 0.3) is 0 Å². The van der Waals surface area contributed by atoms with E-state index in [1.54, 1.807) is 12.4 Å². The van der Waals surface area contributed by atoms with Crippen LogP contribution in [-0.4, -0.2) is 14.7 Å². The molecule has 4 heteroatoms. The Hall–Kier alpha value is -0.770. The van der Waals surface area contributed by atoms with Crippen LogP contribution in [0.25, 0.3) is 0 Å². The van der Waals surface area contributed by atoms with Crippen molar-refractivity contribution in [3.8, 4) is 0 Å². The molecule has 4 aliphatic carbocycles. The Morgan fingerprint density at radius 2 is 1.58 bits per heavy atom. The number of hydrogen-bond acceptors (Lipinski definition) is 4. The van der Waals surface area contributed by atoms with Crippen LogP contribution in [0, 0.1) is 17.8 Å². The predicted octanol–water partition coefficient (Wildman–Crippen LogP) is 3.26. The summed E-state index contributed by atoms with van der Waals surface area (Å²) in [4.78, 5) is 8.68. The third-order valence-corrected chi connectivity index (χ3v) is 6.73. The van der Waals surface area contributed by atoms with E-state index in [0.29, 0.717) is 10.4 Å². The monoisotopic (exact) mass is 275 g/mol. The minimum Gasteiger partial charge on any atom is -0.396 e. The molecule has 0 radical (unpaired) electrons. The average Bonchev–Trinajstić information content (AvgIpc) is 2.36. The Balaban J connectivity index is 1.46. The largest absolute Gasteiger partial charge is 0.396 e. The van der Waals surface area contributed by atoms with E-state index in [-0.39, 0.29) is 0 Å². The lowest BCUT2D eigenvalue weighted by molar-refractivity contribution is 0.0383. The molecule has 4 fully saturated rings. The van der Waals surface area contributed by atoms with Crippen molar-refractivity contribution >= 4 is 17.4 Å². The molecule has 0 unspecified atom stereocenters. The SMILES string of the molecule is Nc1cnc(CSC23CC4CC(CC(C4)C2)C3)nc1. The number of thioether (sulfide) groups is 1. The summed E-state index contributed by atoms with van der Waals surface area (Å²) in [7, 11) is 0. The van der Waals surface area contributed by atoms with Crippen molar-refractivity contribution in [1.82, 2.24) is 9.97 Å². The van der Waals surface area contributed by atoms with E-state index in [1.165, 1.54) is 38.5 Å². The summed E-state index contributed by atoms with van der Waals surface area (Å²) in [5.74, 6) is 4.95. The zero-order valence-electron chi connectivity index (χ0n) is 11.2. The van der Waals surface area contributed by atoms with Crippen LogP contribution in [0.3, 0.4) is 0 Å². The molecule has 1 aromatic heterocycles. The van der Waals surface area contributed by atoms with Gasteiger partial charge in [-0.2, -0.15) is 0 Å². The highest BCUT2D eigenvalue weighted by Gasteiger charge is 2.51. The van der Waals surface area contributed by atoms with Gasteiger partial charge in [-0.1, -0.05) is 0 Å². The van der Waals surface area contributed by atoms with Gasteiger partial charge < -0.3 is 5.73 Å². The lowest BCUT2D eigenvalue weighted by atomic mass is 9.56. The van der Waals surface area contributed by atoms with Crippen molar-refractivity contribution in [2.75, 3.05) is 5.73 Å². The lowest BCUT2D eigenvalue weighted by Gasteiger charge is -2.56. The van der Waals surface area contributed by atoms with Gasteiger partial charge in [0, 0.05) is 4.75 Å². The number of aromatic nitrogens is 2. The van der Waals surface area contributed by atoms with Crippen LogP contribution in [0.5, 0.6) is 0 Å². The molecule has 0 aliphatic heterocycles. The van der Waals surface area contributed by atoms with E-state index in [9.17, 15) is 0 Å². The van der Waals surface area contributed by atoms with Crippen molar-refractivity contribution in [3.63, 3.8) is 0 Å². The van der Waals surface area contributed by atoms with E-state index < -0.39 is 0 Å². The zero-order valence-corrected chi connectivity index (χ0v) is 12.0. The van der Waals surface area contributed by atoms with Crippen LogP contribution in [0.1, 0.15) is 44.3 Å². The van der Waals surface area contributed by atoms with Crippen molar-refractivity contribution in [3.05, 3.63) is 18.2 Å². The number of nitrogens with two attached hydrogens (primary N) is 1. The van der Waals surface area contributed by atoms with Crippen LogP contribution in [0.4, 0.5) is 5.69 Å². The fraction of sp³-hybridized carbons (Fsp3) is 0.733. The summed E-state index contributed by atoms with van der Waals surface area (Å²) in [6, 6.07) is 0. The maximum atomic E-state index is 5.64. The van der Waals surface area contributed by atoms with Gasteiger partial charge in [0.05, 0.1) is 23.8 Å². The Bertz CT molecular complexity index is 435. The molecule has 0 spiro atoms. The Morgan fingerprint density at radius 1 is 1.05 bits per heavy atom. The van der Waals surface area contributed by atoms with Crippen LogP contribution >= 0.6 is 11.8 Å². The average molecular weight is 275 g/mol. The Kier molecular flexibility index (Phi) is 2.76. The lowest BCUT2D eigenvalue weighted by Crippen LogP contribution is -2.48. The second-order valence-electron chi connectivity index (χ2n) is 6.82. The Morgan fingerprint density at radius 3 is 2.11 bits per heavy atom. The molecule has 4 aliphatic rings. The first kappa shape index (κ1) is 12.0. The van der Waals surface area contributed by atoms with E-state index in [2.05, 4.69) is 21.7 Å². The molecule has 102 valence electrons. The fourth-order valence-electron chi connectivity index (χ4n) is 4.86. The maximum Gasteiger partial charge on any atom is 0.138 e. The smallest absolute Gasteiger partial charge is 0.138 e. The van der Waals surface area contributed by atoms with E-state index in [0.717, 1.165) is 29.3 Å². The second kappa shape index (κ2) is 4.37. The summed E-state index contributed by atoms with van der Waals surface area (Å²) in [5, 5.41) is 0. The van der Waals surface area contributed by atoms with Crippen molar-refractivity contribution in [2.45, 2.75) is 49.0 Å². The quantitative estimate of drug-likeness (QED) is 0.920. The first-order valence-corrected chi connectivity index (χ1v) is 8.40. The van der Waals surface area contributed by atoms with E-state index in [1.807, 2.05) is 0 Å². The molecule has 5 rings (SSSR count). The van der Waals surface area contributed by atoms with Gasteiger partial charge in [0.15, 0.2) is 0 Å². The summed E-state index contributed by atoms with van der Waals surface area (Å²) in [6.45, 7) is 0. The van der Waals surface area contributed by atoms with Gasteiger partial charge in [-0.25, -0.2) is 9.97 Å². The van der Waals surface area contributed by atoms with Crippen molar-refractivity contribution < 1.29 is 0 Å². The Labute approximate surface area is 118 Å². The summed E-state index contributed by atoms with van der Waals surface area (Å²) >= 11 is 2.13. The molecule has 3 nitrogen and oxygen atoms in total. The summed E-state index contributed by atoms with van der Waals surface area (Å²) < 4.78 is 0.555. The molecule has 4 saturated carbocycles. The molecule has 0 amide bonds. The third-order valence-electron chi connectivity index (χ3n) is 5.21. The normalized spacial score (nSPS) is 39.7. The molecule has 0 atom stereocenters. The van der Waals surface area contributed by atoms with Crippen molar-refractivity contribution in [1.29, 1.82) is 0 Å². The first-order chi connectivity index (χ1) is 9.21. The number of hydrogen-bond donors (Lipinski definition) is 1. The first-order valence-electron chi connectivity index (χ1n) is 7.41. The maximum absolute atomic E-state index is 5.64. The van der Waals surface area contributed by atoms with Crippen LogP contribution < -0.4 is 5.73 Å². The van der Waals surface area contributed by atoms with Crippen LogP contribution in [0.15, 0.2) is 12.4 Å². The zero-order chi connectivity index (χ0) is 12.9. The van der Waals surface area contributed by atoms with Crippen LogP contribution in [-0.2, 0) is 5.75 Å². The highest BCUT2D eigenvalue weighted by molar-refractivity contribution is 7.99. The number of nitrogen functional groups attached to an aromatic ring is 1. The van der Waals surface area contributed by atoms with Gasteiger partial charge >= 0.3 is 0 Å². The second-order valence-corrected chi connectivity index (χ2v) is 8.27. The number of anilines is 1. The molecular formula is C15H21N3S. The fourth-order valence-corrected chi connectivity index (χ4v) is 6.51. The molecule has 19 heavy (non-hydrogen) atoms. The molecule has 1 heterocycles. The minimum atomic E-state index is 0.555. The topological polar surface area (TPSA) is 51.8 Å². The van der Waals surface area contributed by atoms with Crippen molar-refractivity contribution in [2.24, 2.45) is 17.8 Å². The van der Waals surface area contributed by atoms with E-state index in [4.69, 9.17) is 5.73 Å². The number of nitrogens with zero attached hydrogens (tertiary/aromatic N) is 2. The van der Waals surface area contributed by atoms with Gasteiger partial charge in [0.2, 0.25) is 0 Å². The standard InChI is InChI=1S/C15H21N3S/c16-13-7-17-14(18-8-13)9-19-15-4-10-1-11(5-15)3-12(2-10)6-15/h7-8,10-12H,1-6,9,16H2. The molecule has 2 N–H and O–H groups in total. The number of rotatable bonds is 3. The highest BCUT2D eigenvalue weighted by Crippen LogP contribution is 2.60.